The van der Waals surface area contributed by atoms with Crippen molar-refractivity contribution in [1.29, 1.82) is 0 Å². The van der Waals surface area contributed by atoms with Gasteiger partial charge in [0.2, 0.25) is 15.9 Å². The smallest absolute Gasteiger partial charge is 0.262 e. The number of amides is 2. The molecular weight excluding hydrogens is 434 g/mol. The molecule has 0 aromatic heterocycles. The van der Waals surface area contributed by atoms with Crippen LogP contribution in [-0.4, -0.2) is 47.1 Å². The lowest BCUT2D eigenvalue weighted by molar-refractivity contribution is -0.118. The van der Waals surface area contributed by atoms with Crippen molar-refractivity contribution in [3.63, 3.8) is 0 Å². The lowest BCUT2D eigenvalue weighted by atomic mass is 10.2. The number of benzene rings is 2. The molecule has 0 saturated heterocycles. The summed E-state index contributed by atoms with van der Waals surface area (Å²) in [6, 6.07) is 10.5. The molecule has 2 aromatic rings. The summed E-state index contributed by atoms with van der Waals surface area (Å²) in [6.07, 6.45) is 0. The normalized spacial score (nSPS) is 11.0. The Morgan fingerprint density at radius 1 is 1.03 bits per heavy atom. The maximum absolute atomic E-state index is 12.2. The van der Waals surface area contributed by atoms with Gasteiger partial charge in [0.1, 0.15) is 5.75 Å². The number of methoxy groups -OCH3 is 1. The van der Waals surface area contributed by atoms with E-state index in [1.807, 2.05) is 0 Å². The molecule has 0 spiro atoms. The molecule has 0 bridgehead atoms. The first-order valence-corrected chi connectivity index (χ1v) is 10.7. The number of hydrogen-bond donors (Lipinski definition) is 3. The maximum Gasteiger partial charge on any atom is 0.262 e. The molecule has 0 atom stereocenters. The maximum atomic E-state index is 12.2. The molecule has 0 radical (unpaired) electrons. The lowest BCUT2D eigenvalue weighted by Crippen LogP contribution is -2.27. The molecule has 11 heteroatoms. The molecule has 0 heterocycles. The summed E-state index contributed by atoms with van der Waals surface area (Å²) in [4.78, 5) is 23.0. The first-order valence-electron chi connectivity index (χ1n) is 8.80. The third kappa shape index (κ3) is 7.30. The fourth-order valence-electron chi connectivity index (χ4n) is 2.31. The molecule has 30 heavy (non-hydrogen) atoms. The van der Waals surface area contributed by atoms with Gasteiger partial charge in [0.25, 0.3) is 5.91 Å². The Labute approximate surface area is 179 Å². The third-order valence-electron chi connectivity index (χ3n) is 3.66. The van der Waals surface area contributed by atoms with E-state index in [0.717, 1.165) is 0 Å². The van der Waals surface area contributed by atoms with E-state index in [0.29, 0.717) is 11.4 Å². The highest BCUT2D eigenvalue weighted by molar-refractivity contribution is 7.89. The highest BCUT2D eigenvalue weighted by Gasteiger charge is 2.16. The quantitative estimate of drug-likeness (QED) is 0.472. The van der Waals surface area contributed by atoms with E-state index in [1.54, 1.807) is 24.3 Å². The fourth-order valence-corrected chi connectivity index (χ4v) is 3.65. The zero-order valence-electron chi connectivity index (χ0n) is 16.4. The van der Waals surface area contributed by atoms with Gasteiger partial charge < -0.3 is 20.1 Å². The van der Waals surface area contributed by atoms with E-state index in [4.69, 9.17) is 21.1 Å². The van der Waals surface area contributed by atoms with E-state index in [9.17, 15) is 18.0 Å². The summed E-state index contributed by atoms with van der Waals surface area (Å²) < 4.78 is 36.9. The first-order chi connectivity index (χ1) is 14.2. The zero-order valence-corrected chi connectivity index (χ0v) is 18.0. The van der Waals surface area contributed by atoms with Crippen molar-refractivity contribution in [3.05, 3.63) is 47.5 Å². The predicted octanol–water partition coefficient (Wildman–Crippen LogP) is 2.24. The van der Waals surface area contributed by atoms with Crippen molar-refractivity contribution >= 4 is 44.8 Å². The number of rotatable bonds is 10. The lowest BCUT2D eigenvalue weighted by Gasteiger charge is -2.11. The Morgan fingerprint density at radius 2 is 1.67 bits per heavy atom. The van der Waals surface area contributed by atoms with Gasteiger partial charge in [0.05, 0.1) is 16.5 Å². The number of anilines is 2. The molecule has 0 saturated carbocycles. The minimum atomic E-state index is -3.73. The van der Waals surface area contributed by atoms with Crippen LogP contribution >= 0.6 is 11.6 Å². The third-order valence-corrected chi connectivity index (χ3v) is 5.41. The summed E-state index contributed by atoms with van der Waals surface area (Å²) >= 11 is 6.09. The molecule has 2 rings (SSSR count). The fraction of sp³-hybridized carbons (Fsp3) is 0.263. The van der Waals surface area contributed by atoms with Gasteiger partial charge in [0.15, 0.2) is 6.61 Å². The SMILES string of the molecule is COCCNS(=O)(=O)c1ccc(OCC(=O)Nc2ccc(NC(C)=O)cc2)c(Cl)c1. The topological polar surface area (TPSA) is 123 Å². The van der Waals surface area contributed by atoms with Crippen molar-refractivity contribution in [2.45, 2.75) is 11.8 Å². The van der Waals surface area contributed by atoms with Gasteiger partial charge in [-0.05, 0) is 42.5 Å². The molecule has 9 nitrogen and oxygen atoms in total. The van der Waals surface area contributed by atoms with E-state index in [1.165, 1.54) is 32.2 Å². The van der Waals surface area contributed by atoms with Crippen molar-refractivity contribution in [2.24, 2.45) is 0 Å². The van der Waals surface area contributed by atoms with Crippen LogP contribution in [0.25, 0.3) is 0 Å². The Hall–Kier alpha value is -2.66. The Bertz CT molecular complexity index is 996. The standard InChI is InChI=1S/C19H22ClN3O6S/c1-13(24)22-14-3-5-15(6-4-14)23-19(25)12-29-18-8-7-16(11-17(18)20)30(26,27)21-9-10-28-2/h3-8,11,21H,9-10,12H2,1-2H3,(H,22,24)(H,23,25). The van der Waals surface area contributed by atoms with Crippen molar-refractivity contribution in [1.82, 2.24) is 4.72 Å². The van der Waals surface area contributed by atoms with Crippen LogP contribution in [0.2, 0.25) is 5.02 Å². The van der Waals surface area contributed by atoms with Crippen LogP contribution < -0.4 is 20.1 Å². The molecular formula is C19H22ClN3O6S. The van der Waals surface area contributed by atoms with Crippen LogP contribution in [0.15, 0.2) is 47.4 Å². The average Bonchev–Trinajstić information content (AvgIpc) is 2.68. The molecule has 0 unspecified atom stereocenters. The summed E-state index contributed by atoms with van der Waals surface area (Å²) in [5, 5.41) is 5.31. The summed E-state index contributed by atoms with van der Waals surface area (Å²) in [7, 11) is -2.26. The van der Waals surface area contributed by atoms with Gasteiger partial charge in [0, 0.05) is 32.0 Å². The second kappa shape index (κ2) is 10.9. The molecule has 2 aromatic carbocycles. The van der Waals surface area contributed by atoms with Gasteiger partial charge in [-0.3, -0.25) is 9.59 Å². The molecule has 162 valence electrons. The number of carbonyl (C=O) groups is 2. The van der Waals surface area contributed by atoms with E-state index < -0.39 is 15.9 Å². The summed E-state index contributed by atoms with van der Waals surface area (Å²) in [5.74, 6) is -0.457. The van der Waals surface area contributed by atoms with Gasteiger partial charge in [-0.25, -0.2) is 13.1 Å². The molecule has 2 amide bonds. The highest BCUT2D eigenvalue weighted by Crippen LogP contribution is 2.27. The van der Waals surface area contributed by atoms with E-state index in [2.05, 4.69) is 15.4 Å². The second-order valence-corrected chi connectivity index (χ2v) is 8.25. The Kier molecular flexibility index (Phi) is 8.60. The van der Waals surface area contributed by atoms with Crippen LogP contribution in [-0.2, 0) is 24.3 Å². The Morgan fingerprint density at radius 3 is 2.23 bits per heavy atom. The monoisotopic (exact) mass is 455 g/mol. The second-order valence-electron chi connectivity index (χ2n) is 6.08. The molecule has 0 fully saturated rings. The van der Waals surface area contributed by atoms with E-state index >= 15 is 0 Å². The van der Waals surface area contributed by atoms with Crippen molar-refractivity contribution in [3.8, 4) is 5.75 Å². The van der Waals surface area contributed by atoms with Gasteiger partial charge in [-0.15, -0.1) is 0 Å². The van der Waals surface area contributed by atoms with Crippen LogP contribution in [0, 0.1) is 0 Å². The van der Waals surface area contributed by atoms with Crippen molar-refractivity contribution in [2.75, 3.05) is 37.5 Å². The number of nitrogens with one attached hydrogen (secondary N) is 3. The van der Waals surface area contributed by atoms with E-state index in [-0.39, 0.29) is 41.3 Å². The average molecular weight is 456 g/mol. The molecule has 0 aliphatic heterocycles. The molecule has 0 aliphatic rings. The van der Waals surface area contributed by atoms with Gasteiger partial charge in [-0.1, -0.05) is 11.6 Å². The van der Waals surface area contributed by atoms with Crippen LogP contribution in [0.3, 0.4) is 0 Å². The minimum Gasteiger partial charge on any atom is -0.482 e. The largest absolute Gasteiger partial charge is 0.482 e. The predicted molar refractivity (Wildman–Crippen MR) is 113 cm³/mol. The van der Waals surface area contributed by atoms with Gasteiger partial charge in [-0.2, -0.15) is 0 Å². The van der Waals surface area contributed by atoms with Crippen LogP contribution in [0.1, 0.15) is 6.92 Å². The first kappa shape index (κ1) is 23.6. The summed E-state index contributed by atoms with van der Waals surface area (Å²) in [6.45, 7) is 1.43. The number of halogens is 1. The molecule has 3 N–H and O–H groups in total. The number of sulfonamides is 1. The summed E-state index contributed by atoms with van der Waals surface area (Å²) in [5.41, 5.74) is 1.13. The minimum absolute atomic E-state index is 0.0281. The number of carbonyl (C=O) groups excluding carboxylic acids is 2. The zero-order chi connectivity index (χ0) is 22.1. The van der Waals surface area contributed by atoms with Crippen LogP contribution in [0.5, 0.6) is 5.75 Å². The highest BCUT2D eigenvalue weighted by atomic mass is 35.5. The number of hydrogen-bond acceptors (Lipinski definition) is 6. The Balaban J connectivity index is 1.92. The molecule has 0 aliphatic carbocycles. The van der Waals surface area contributed by atoms with Gasteiger partial charge >= 0.3 is 0 Å². The van der Waals surface area contributed by atoms with Crippen LogP contribution in [0.4, 0.5) is 11.4 Å². The van der Waals surface area contributed by atoms with Crippen molar-refractivity contribution < 1.29 is 27.5 Å². The number of ether oxygens (including phenoxy) is 2.